The molecular weight excluding hydrogens is 463 g/mol. The van der Waals surface area contributed by atoms with Crippen LogP contribution < -0.4 is 10.2 Å². The predicted octanol–water partition coefficient (Wildman–Crippen LogP) is 3.64. The van der Waals surface area contributed by atoms with Gasteiger partial charge in [0.2, 0.25) is 5.95 Å². The van der Waals surface area contributed by atoms with Crippen molar-refractivity contribution in [3.63, 3.8) is 0 Å². The molecule has 176 valence electrons. The first-order chi connectivity index (χ1) is 16.7. The van der Waals surface area contributed by atoms with Gasteiger partial charge in [0, 0.05) is 11.4 Å². The van der Waals surface area contributed by atoms with Crippen molar-refractivity contribution in [2.45, 2.75) is 19.1 Å². The molecule has 35 heavy (non-hydrogen) atoms. The number of hydrogen-bond acceptors (Lipinski definition) is 7. The predicted molar refractivity (Wildman–Crippen MR) is 117 cm³/mol. The Kier molecular flexibility index (Phi) is 5.99. The molecule has 9 nitrogen and oxygen atoms in total. The highest BCUT2D eigenvalue weighted by atomic mass is 19.4. The number of rotatable bonds is 4. The van der Waals surface area contributed by atoms with Crippen LogP contribution in [0.25, 0.3) is 0 Å². The summed E-state index contributed by atoms with van der Waals surface area (Å²) in [6.07, 6.45) is -4.60. The molecule has 3 aromatic rings. The number of amides is 1. The zero-order valence-corrected chi connectivity index (χ0v) is 18.1. The molecule has 2 heterocycles. The number of nitrogens with zero attached hydrogens (tertiary/aromatic N) is 6. The van der Waals surface area contributed by atoms with Crippen LogP contribution >= 0.6 is 0 Å². The van der Waals surface area contributed by atoms with Gasteiger partial charge >= 0.3 is 6.18 Å². The van der Waals surface area contributed by atoms with E-state index in [9.17, 15) is 23.2 Å². The maximum Gasteiger partial charge on any atom is 0.416 e. The van der Waals surface area contributed by atoms with Crippen LogP contribution in [-0.2, 0) is 11.0 Å². The molecule has 0 radical (unpaired) electrons. The van der Waals surface area contributed by atoms with Crippen molar-refractivity contribution in [1.29, 1.82) is 10.5 Å². The van der Waals surface area contributed by atoms with Crippen molar-refractivity contribution in [3.8, 4) is 12.1 Å². The van der Waals surface area contributed by atoms with E-state index < -0.39 is 30.3 Å². The van der Waals surface area contributed by atoms with E-state index in [-0.39, 0.29) is 23.2 Å². The average molecular weight is 479 g/mol. The SMILES string of the molecule is CC1=C(C#N)C(c2ccc(C#N)cc2)n2nc(NC(=O)CO)nc2N1c1cccc(C(F)(F)F)c1. The number of aliphatic hydroxyl groups is 1. The number of alkyl halides is 3. The number of carbonyl (C=O) groups excluding carboxylic acids is 1. The van der Waals surface area contributed by atoms with E-state index in [2.05, 4.69) is 21.5 Å². The molecule has 0 saturated carbocycles. The van der Waals surface area contributed by atoms with Crippen LogP contribution in [0.3, 0.4) is 0 Å². The lowest BCUT2D eigenvalue weighted by molar-refractivity contribution is -0.137. The molecule has 0 fully saturated rings. The van der Waals surface area contributed by atoms with E-state index >= 15 is 0 Å². The minimum Gasteiger partial charge on any atom is -0.387 e. The van der Waals surface area contributed by atoms with Gasteiger partial charge in [-0.25, -0.2) is 4.68 Å². The number of carbonyl (C=O) groups is 1. The Hall–Kier alpha value is -4.68. The summed E-state index contributed by atoms with van der Waals surface area (Å²) in [5.74, 6) is -0.955. The number of fused-ring (bicyclic) bond motifs is 1. The summed E-state index contributed by atoms with van der Waals surface area (Å²) in [5, 5.41) is 34.8. The standard InChI is InChI=1S/C23H16F3N7O2/c1-13-18(11-28)20(15-7-5-14(10-27)6-8-15)33-22(30-21(31-33)29-19(35)12-34)32(13)17-4-2-3-16(9-17)23(24,25)26/h2-9,20,34H,12H2,1H3,(H,29,31,35). The van der Waals surface area contributed by atoms with Gasteiger partial charge in [-0.1, -0.05) is 18.2 Å². The van der Waals surface area contributed by atoms with Gasteiger partial charge in [-0.05, 0) is 42.8 Å². The third-order valence-corrected chi connectivity index (χ3v) is 5.36. The molecule has 1 aromatic heterocycles. The second kappa shape index (κ2) is 8.93. The van der Waals surface area contributed by atoms with Crippen LogP contribution in [0.5, 0.6) is 0 Å². The number of aliphatic hydroxyl groups excluding tert-OH is 1. The molecule has 1 amide bonds. The number of anilines is 3. The largest absolute Gasteiger partial charge is 0.416 e. The van der Waals surface area contributed by atoms with Crippen molar-refractivity contribution >= 4 is 23.5 Å². The number of hydrogen-bond donors (Lipinski definition) is 2. The number of nitrogens with one attached hydrogen (secondary N) is 1. The van der Waals surface area contributed by atoms with Crippen LogP contribution in [0.4, 0.5) is 30.8 Å². The summed E-state index contributed by atoms with van der Waals surface area (Å²) in [4.78, 5) is 17.3. The van der Waals surface area contributed by atoms with Crippen molar-refractivity contribution in [1.82, 2.24) is 14.8 Å². The lowest BCUT2D eigenvalue weighted by Gasteiger charge is -2.34. The molecular formula is C23H16F3N7O2. The summed E-state index contributed by atoms with van der Waals surface area (Å²) in [5.41, 5.74) is 0.622. The van der Waals surface area contributed by atoms with Crippen molar-refractivity contribution < 1.29 is 23.1 Å². The first kappa shape index (κ1) is 23.5. The maximum atomic E-state index is 13.4. The molecule has 1 aliphatic rings. The summed E-state index contributed by atoms with van der Waals surface area (Å²) in [6, 6.07) is 14.2. The molecule has 1 unspecified atom stereocenters. The summed E-state index contributed by atoms with van der Waals surface area (Å²) >= 11 is 0. The van der Waals surface area contributed by atoms with Crippen molar-refractivity contribution in [2.24, 2.45) is 0 Å². The van der Waals surface area contributed by atoms with E-state index in [0.717, 1.165) is 12.1 Å². The normalized spacial score (nSPS) is 15.3. The monoisotopic (exact) mass is 479 g/mol. The highest BCUT2D eigenvalue weighted by Crippen LogP contribution is 2.43. The maximum absolute atomic E-state index is 13.4. The second-order valence-electron chi connectivity index (χ2n) is 7.52. The van der Waals surface area contributed by atoms with Gasteiger partial charge in [-0.3, -0.25) is 15.0 Å². The zero-order chi connectivity index (χ0) is 25.3. The van der Waals surface area contributed by atoms with Crippen molar-refractivity contribution in [3.05, 3.63) is 76.5 Å². The van der Waals surface area contributed by atoms with Crippen LogP contribution in [0.2, 0.25) is 0 Å². The van der Waals surface area contributed by atoms with E-state index in [1.165, 1.54) is 21.7 Å². The Bertz CT molecular complexity index is 1410. The first-order valence-corrected chi connectivity index (χ1v) is 10.1. The molecule has 1 aliphatic heterocycles. The molecule has 2 aromatic carbocycles. The fourth-order valence-electron chi connectivity index (χ4n) is 3.77. The van der Waals surface area contributed by atoms with Crippen LogP contribution in [0.15, 0.2) is 59.8 Å². The minimum absolute atomic E-state index is 0.0448. The molecule has 12 heteroatoms. The van der Waals surface area contributed by atoms with E-state index in [1.54, 1.807) is 31.2 Å². The zero-order valence-electron chi connectivity index (χ0n) is 18.1. The summed E-state index contributed by atoms with van der Waals surface area (Å²) in [6.45, 7) is 0.737. The van der Waals surface area contributed by atoms with Gasteiger partial charge in [0.05, 0.1) is 28.8 Å². The highest BCUT2D eigenvalue weighted by Gasteiger charge is 2.37. The molecule has 1 atom stereocenters. The number of halogens is 3. The Labute approximate surface area is 197 Å². The smallest absolute Gasteiger partial charge is 0.387 e. The fraction of sp³-hybridized carbons (Fsp3) is 0.174. The Morgan fingerprint density at radius 1 is 1.17 bits per heavy atom. The molecule has 4 rings (SSSR count). The minimum atomic E-state index is -4.60. The number of aromatic nitrogens is 3. The number of nitriles is 2. The summed E-state index contributed by atoms with van der Waals surface area (Å²) in [7, 11) is 0. The highest BCUT2D eigenvalue weighted by molar-refractivity contribution is 5.90. The number of benzene rings is 2. The topological polar surface area (TPSA) is 131 Å². The van der Waals surface area contributed by atoms with Gasteiger partial charge in [0.25, 0.3) is 11.9 Å². The molecule has 0 spiro atoms. The fourth-order valence-corrected chi connectivity index (χ4v) is 3.77. The second-order valence-corrected chi connectivity index (χ2v) is 7.52. The first-order valence-electron chi connectivity index (χ1n) is 10.1. The van der Waals surface area contributed by atoms with Gasteiger partial charge in [-0.2, -0.15) is 28.7 Å². The van der Waals surface area contributed by atoms with E-state index in [0.29, 0.717) is 16.8 Å². The molecule has 0 saturated heterocycles. The quantitative estimate of drug-likeness (QED) is 0.584. The summed E-state index contributed by atoms with van der Waals surface area (Å²) < 4.78 is 41.5. The lowest BCUT2D eigenvalue weighted by Crippen LogP contribution is -2.31. The third kappa shape index (κ3) is 4.30. The van der Waals surface area contributed by atoms with Gasteiger partial charge in [0.15, 0.2) is 0 Å². The molecule has 0 bridgehead atoms. The third-order valence-electron chi connectivity index (χ3n) is 5.36. The number of allylic oxidation sites excluding steroid dienone is 2. The van der Waals surface area contributed by atoms with Gasteiger partial charge in [0.1, 0.15) is 12.6 Å². The Morgan fingerprint density at radius 3 is 2.49 bits per heavy atom. The molecule has 0 aliphatic carbocycles. The average Bonchev–Trinajstić information content (AvgIpc) is 3.25. The lowest BCUT2D eigenvalue weighted by atomic mass is 9.95. The molecule has 2 N–H and O–H groups in total. The van der Waals surface area contributed by atoms with Gasteiger partial charge in [-0.15, -0.1) is 5.10 Å². The van der Waals surface area contributed by atoms with Crippen molar-refractivity contribution in [2.75, 3.05) is 16.8 Å². The van der Waals surface area contributed by atoms with E-state index in [4.69, 9.17) is 10.4 Å². The van der Waals surface area contributed by atoms with Crippen LogP contribution in [0.1, 0.15) is 29.7 Å². The Morgan fingerprint density at radius 2 is 1.89 bits per heavy atom. The van der Waals surface area contributed by atoms with Crippen LogP contribution in [-0.4, -0.2) is 32.4 Å². The Balaban J connectivity index is 1.94. The van der Waals surface area contributed by atoms with Gasteiger partial charge < -0.3 is 5.11 Å². The van der Waals surface area contributed by atoms with E-state index in [1.807, 2.05) is 6.07 Å². The van der Waals surface area contributed by atoms with Crippen LogP contribution in [0, 0.1) is 22.7 Å².